The average molecular weight is 356 g/mol. The van der Waals surface area contributed by atoms with Crippen LogP contribution < -0.4 is 14.0 Å². The second kappa shape index (κ2) is 4.80. The molecule has 0 saturated heterocycles. The van der Waals surface area contributed by atoms with Crippen molar-refractivity contribution in [3.63, 3.8) is 0 Å². The molecule has 0 bridgehead atoms. The van der Waals surface area contributed by atoms with Crippen molar-refractivity contribution >= 4 is 54.5 Å². The van der Waals surface area contributed by atoms with Gasteiger partial charge in [0.25, 0.3) is 0 Å². The van der Waals surface area contributed by atoms with Gasteiger partial charge in [0.1, 0.15) is 0 Å². The number of rotatable bonds is 0. The van der Waals surface area contributed by atoms with E-state index >= 15 is 0 Å². The van der Waals surface area contributed by atoms with E-state index in [1.54, 1.807) is 0 Å². The molecule has 1 unspecified atom stereocenters. The molecule has 21 heavy (non-hydrogen) atoms. The first kappa shape index (κ1) is 13.2. The molecular weight excluding hydrogens is 341 g/mol. The van der Waals surface area contributed by atoms with Crippen LogP contribution in [0.4, 0.5) is 11.4 Å². The molecule has 4 rings (SSSR count). The molecule has 1 aliphatic heterocycles. The summed E-state index contributed by atoms with van der Waals surface area (Å²) in [5, 5.41) is 6.19. The fourth-order valence-electron chi connectivity index (χ4n) is 3.02. The number of nitrogens with one attached hydrogen (secondary N) is 1. The van der Waals surface area contributed by atoms with Gasteiger partial charge in [0.2, 0.25) is 0 Å². The maximum absolute atomic E-state index is 7.04. The zero-order valence-corrected chi connectivity index (χ0v) is 14.6. The summed E-state index contributed by atoms with van der Waals surface area (Å²) in [6.45, 7) is 4.32. The molecule has 3 heteroatoms. The molecule has 1 atom stereocenters. The Labute approximate surface area is 133 Å². The van der Waals surface area contributed by atoms with E-state index in [9.17, 15) is 0 Å². The fraction of sp³-hybridized carbons (Fsp3) is 0.111. The van der Waals surface area contributed by atoms with Gasteiger partial charge in [0.05, 0.1) is 0 Å². The van der Waals surface area contributed by atoms with Crippen LogP contribution in [-0.2, 0) is 0 Å². The second-order valence-corrected chi connectivity index (χ2v) is 10.3. The summed E-state index contributed by atoms with van der Waals surface area (Å²) >= 11 is -1.78. The molecule has 1 nitrogen and oxygen atoms in total. The van der Waals surface area contributed by atoms with Crippen molar-refractivity contribution in [2.45, 2.75) is 13.8 Å². The van der Waals surface area contributed by atoms with Gasteiger partial charge in [-0.1, -0.05) is 0 Å². The molecule has 1 aliphatic rings. The van der Waals surface area contributed by atoms with Crippen LogP contribution in [0.2, 0.25) is 0 Å². The SMILES string of the molecule is Cc1ccc(C)c2c1Nc1ccc3ccccc3c1[As]2Cl. The van der Waals surface area contributed by atoms with Crippen LogP contribution in [0.25, 0.3) is 10.8 Å². The van der Waals surface area contributed by atoms with Gasteiger partial charge in [-0.05, 0) is 0 Å². The summed E-state index contributed by atoms with van der Waals surface area (Å²) in [5.74, 6) is 0. The van der Waals surface area contributed by atoms with Gasteiger partial charge >= 0.3 is 133 Å². The summed E-state index contributed by atoms with van der Waals surface area (Å²) in [5.41, 5.74) is 4.99. The van der Waals surface area contributed by atoms with Gasteiger partial charge in [0.15, 0.2) is 0 Å². The number of hydrogen-bond donors (Lipinski definition) is 1. The van der Waals surface area contributed by atoms with Crippen LogP contribution in [0.5, 0.6) is 0 Å². The van der Waals surface area contributed by atoms with Gasteiger partial charge in [-0.2, -0.15) is 0 Å². The van der Waals surface area contributed by atoms with Crippen LogP contribution >= 0.6 is 9.95 Å². The second-order valence-electron chi connectivity index (χ2n) is 5.51. The number of fused-ring (bicyclic) bond motifs is 4. The molecule has 0 fully saturated rings. The number of anilines is 2. The van der Waals surface area contributed by atoms with Crippen molar-refractivity contribution in [1.29, 1.82) is 0 Å². The van der Waals surface area contributed by atoms with Crippen molar-refractivity contribution in [2.75, 3.05) is 5.32 Å². The molecule has 0 amide bonds. The Kier molecular flexibility index (Phi) is 3.03. The van der Waals surface area contributed by atoms with E-state index < -0.39 is 13.7 Å². The molecule has 1 N–H and O–H groups in total. The van der Waals surface area contributed by atoms with Gasteiger partial charge < -0.3 is 0 Å². The van der Waals surface area contributed by atoms with E-state index in [0.717, 1.165) is 0 Å². The number of aryl methyl sites for hydroxylation is 2. The van der Waals surface area contributed by atoms with Crippen LogP contribution in [0, 0.1) is 13.8 Å². The van der Waals surface area contributed by atoms with E-state index in [1.165, 1.54) is 42.0 Å². The molecule has 3 aromatic carbocycles. The average Bonchev–Trinajstić information content (AvgIpc) is 2.50. The van der Waals surface area contributed by atoms with Crippen LogP contribution in [0.1, 0.15) is 11.1 Å². The molecular formula is C18H15AsClN. The monoisotopic (exact) mass is 355 g/mol. The molecule has 0 saturated carbocycles. The molecule has 0 aromatic heterocycles. The quantitative estimate of drug-likeness (QED) is 0.604. The summed E-state index contributed by atoms with van der Waals surface area (Å²) < 4.78 is 2.69. The molecule has 0 aliphatic carbocycles. The number of benzene rings is 3. The Hall–Kier alpha value is -1.43. The van der Waals surface area contributed by atoms with E-state index in [2.05, 4.69) is 67.7 Å². The van der Waals surface area contributed by atoms with E-state index in [1.807, 2.05) is 0 Å². The van der Waals surface area contributed by atoms with Gasteiger partial charge in [-0.3, -0.25) is 0 Å². The molecule has 0 radical (unpaired) electrons. The van der Waals surface area contributed by atoms with Gasteiger partial charge in [0, 0.05) is 0 Å². The first-order valence-electron chi connectivity index (χ1n) is 7.01. The first-order valence-corrected chi connectivity index (χ1v) is 11.4. The minimum atomic E-state index is -1.78. The molecule has 1 heterocycles. The van der Waals surface area contributed by atoms with Gasteiger partial charge in [-0.25, -0.2) is 0 Å². The minimum absolute atomic E-state index is 1.19. The fourth-order valence-corrected chi connectivity index (χ4v) is 8.86. The van der Waals surface area contributed by atoms with Crippen molar-refractivity contribution in [3.8, 4) is 0 Å². The molecule has 104 valence electrons. The standard InChI is InChI=1S/C18H15AsClN/c1-11-7-8-12(2)18-16(11)19(20)17-14-6-4-3-5-13(14)9-10-15(17)21-18/h3-10,21H,1-2H3. The van der Waals surface area contributed by atoms with E-state index in [4.69, 9.17) is 9.95 Å². The summed E-state index contributed by atoms with van der Waals surface area (Å²) in [6.07, 6.45) is 0. The Morgan fingerprint density at radius 2 is 1.62 bits per heavy atom. The normalized spacial score (nSPS) is 16.2. The summed E-state index contributed by atoms with van der Waals surface area (Å²) in [4.78, 5) is 0. The van der Waals surface area contributed by atoms with Crippen LogP contribution in [-0.4, -0.2) is 13.7 Å². The molecule has 3 aromatic rings. The van der Waals surface area contributed by atoms with Gasteiger partial charge in [-0.15, -0.1) is 0 Å². The van der Waals surface area contributed by atoms with Crippen LogP contribution in [0.15, 0.2) is 48.5 Å². The van der Waals surface area contributed by atoms with Crippen LogP contribution in [0.3, 0.4) is 0 Å². The zero-order valence-electron chi connectivity index (χ0n) is 11.9. The predicted octanol–water partition coefficient (Wildman–Crippen LogP) is 3.86. The van der Waals surface area contributed by atoms with Crippen molar-refractivity contribution in [2.24, 2.45) is 0 Å². The van der Waals surface area contributed by atoms with Crippen molar-refractivity contribution < 1.29 is 0 Å². The topological polar surface area (TPSA) is 12.0 Å². The number of halogens is 1. The van der Waals surface area contributed by atoms with E-state index in [-0.39, 0.29) is 0 Å². The van der Waals surface area contributed by atoms with Crippen molar-refractivity contribution in [1.82, 2.24) is 0 Å². The third-order valence-electron chi connectivity index (χ3n) is 4.14. The Morgan fingerprint density at radius 1 is 0.857 bits per heavy atom. The third kappa shape index (κ3) is 1.92. The first-order chi connectivity index (χ1) is 10.2. The maximum atomic E-state index is 7.04. The van der Waals surface area contributed by atoms with Crippen molar-refractivity contribution in [3.05, 3.63) is 59.7 Å². The molecule has 0 spiro atoms. The summed E-state index contributed by atoms with van der Waals surface area (Å²) in [6, 6.07) is 17.2. The predicted molar refractivity (Wildman–Crippen MR) is 94.0 cm³/mol. The Bertz CT molecular complexity index is 872. The third-order valence-corrected chi connectivity index (χ3v) is 9.77. The zero-order chi connectivity index (χ0) is 14.6. The Balaban J connectivity index is 2.05. The Morgan fingerprint density at radius 3 is 2.48 bits per heavy atom. The summed E-state index contributed by atoms with van der Waals surface area (Å²) in [7, 11) is 7.04. The van der Waals surface area contributed by atoms with E-state index in [0.29, 0.717) is 0 Å². The number of hydrogen-bond acceptors (Lipinski definition) is 1.